The number of amides is 2. The Labute approximate surface area is 146 Å². The smallest absolute Gasteiger partial charge is 0.333 e. The molecular weight excluding hydrogens is 357 g/mol. The number of aromatic nitrogens is 2. The van der Waals surface area contributed by atoms with Gasteiger partial charge in [0.05, 0.1) is 4.88 Å². The van der Waals surface area contributed by atoms with E-state index >= 15 is 0 Å². The van der Waals surface area contributed by atoms with Gasteiger partial charge in [-0.05, 0) is 38.8 Å². The fourth-order valence-corrected chi connectivity index (χ4v) is 3.54. The molecule has 0 saturated carbocycles. The number of nitrogens with zero attached hydrogens (tertiary/aromatic N) is 3. The van der Waals surface area contributed by atoms with Gasteiger partial charge < -0.3 is 14.7 Å². The zero-order chi connectivity index (χ0) is 18.4. The zero-order valence-electron chi connectivity index (χ0n) is 13.9. The molecule has 2 aromatic rings. The number of carbonyl (C=O) groups excluding carboxylic acids is 1. The van der Waals surface area contributed by atoms with E-state index < -0.39 is 12.1 Å². The summed E-state index contributed by atoms with van der Waals surface area (Å²) in [5.41, 5.74) is 0.559. The van der Waals surface area contributed by atoms with Crippen LogP contribution in [-0.2, 0) is 19.1 Å². The quantitative estimate of drug-likeness (QED) is 0.827. The van der Waals surface area contributed by atoms with Crippen LogP contribution in [0, 0.1) is 0 Å². The molecule has 25 heavy (non-hydrogen) atoms. The third-order valence-electron chi connectivity index (χ3n) is 3.52. The molecule has 1 aliphatic rings. The molecule has 1 N–H and O–H groups in total. The molecule has 2 aromatic heterocycles. The van der Waals surface area contributed by atoms with Crippen LogP contribution in [-0.4, -0.2) is 33.2 Å². The fourth-order valence-electron chi connectivity index (χ4n) is 2.46. The largest absolute Gasteiger partial charge is 0.471 e. The van der Waals surface area contributed by atoms with E-state index in [0.29, 0.717) is 24.4 Å². The van der Waals surface area contributed by atoms with Crippen LogP contribution in [0.2, 0.25) is 0 Å². The predicted molar refractivity (Wildman–Crippen MR) is 85.0 cm³/mol. The second kappa shape index (κ2) is 6.01. The second-order valence-corrected chi connectivity index (χ2v) is 7.97. The minimum absolute atomic E-state index is 0.0857. The van der Waals surface area contributed by atoms with Crippen LogP contribution in [0.1, 0.15) is 37.1 Å². The Hall–Kier alpha value is -2.10. The summed E-state index contributed by atoms with van der Waals surface area (Å²) in [5, 5.41) is 6.31. The fraction of sp³-hybridized carbons (Fsp3) is 0.533. The van der Waals surface area contributed by atoms with Gasteiger partial charge in [-0.2, -0.15) is 18.2 Å². The number of hydrogen-bond donors (Lipinski definition) is 1. The van der Waals surface area contributed by atoms with Crippen LogP contribution < -0.4 is 5.32 Å². The van der Waals surface area contributed by atoms with Gasteiger partial charge >= 0.3 is 18.1 Å². The number of hydrogen-bond acceptors (Lipinski definition) is 5. The van der Waals surface area contributed by atoms with Gasteiger partial charge in [-0.15, -0.1) is 11.3 Å². The SMILES string of the molecule is CC(C)(C)NC(=O)N1CCc2sc(-c3noc(C(F)(F)F)n3)cc2C1. The lowest BCUT2D eigenvalue weighted by molar-refractivity contribution is -0.159. The van der Waals surface area contributed by atoms with E-state index in [1.165, 1.54) is 11.3 Å². The van der Waals surface area contributed by atoms with Crippen molar-refractivity contribution in [2.45, 2.75) is 45.5 Å². The molecule has 136 valence electrons. The van der Waals surface area contributed by atoms with E-state index in [2.05, 4.69) is 20.0 Å². The van der Waals surface area contributed by atoms with E-state index in [4.69, 9.17) is 0 Å². The first-order valence-corrected chi connectivity index (χ1v) is 8.44. The van der Waals surface area contributed by atoms with Gasteiger partial charge in [-0.25, -0.2) is 4.79 Å². The van der Waals surface area contributed by atoms with Crippen molar-refractivity contribution in [3.8, 4) is 10.7 Å². The highest BCUT2D eigenvalue weighted by molar-refractivity contribution is 7.15. The Bertz CT molecular complexity index is 792. The summed E-state index contributed by atoms with van der Waals surface area (Å²) in [7, 11) is 0. The number of carbonyl (C=O) groups is 1. The number of thiophene rings is 1. The molecule has 0 aromatic carbocycles. The molecule has 1 aliphatic heterocycles. The van der Waals surface area contributed by atoms with Crippen molar-refractivity contribution < 1.29 is 22.5 Å². The molecule has 0 unspecified atom stereocenters. The number of alkyl halides is 3. The summed E-state index contributed by atoms with van der Waals surface area (Å²) >= 11 is 1.33. The number of fused-ring (bicyclic) bond motifs is 1. The number of urea groups is 1. The lowest BCUT2D eigenvalue weighted by Gasteiger charge is -2.31. The Kier molecular flexibility index (Phi) is 4.26. The lowest BCUT2D eigenvalue weighted by Crippen LogP contribution is -2.49. The number of halogens is 3. The van der Waals surface area contributed by atoms with Gasteiger partial charge in [0, 0.05) is 23.5 Å². The third-order valence-corrected chi connectivity index (χ3v) is 4.76. The minimum Gasteiger partial charge on any atom is -0.333 e. The summed E-state index contributed by atoms with van der Waals surface area (Å²) in [5.74, 6) is -1.45. The van der Waals surface area contributed by atoms with E-state index in [1.807, 2.05) is 20.8 Å². The number of nitrogens with one attached hydrogen (secondary N) is 1. The standard InChI is InChI=1S/C15H17F3N4O2S/c1-14(2,3)20-13(23)22-5-4-9-8(7-22)6-10(25-9)11-19-12(24-21-11)15(16,17)18/h6H,4-5,7H2,1-3H3,(H,20,23). The molecule has 3 heterocycles. The maximum atomic E-state index is 12.6. The van der Waals surface area contributed by atoms with Gasteiger partial charge in [0.2, 0.25) is 5.82 Å². The van der Waals surface area contributed by atoms with Crippen molar-refractivity contribution in [2.24, 2.45) is 0 Å². The molecule has 0 fully saturated rings. The molecule has 6 nitrogen and oxygen atoms in total. The highest BCUT2D eigenvalue weighted by Crippen LogP contribution is 2.35. The van der Waals surface area contributed by atoms with Crippen molar-refractivity contribution in [3.05, 3.63) is 22.4 Å². The average molecular weight is 374 g/mol. The molecule has 0 aliphatic carbocycles. The van der Waals surface area contributed by atoms with E-state index in [0.717, 1.165) is 10.4 Å². The average Bonchev–Trinajstić information content (AvgIpc) is 3.10. The molecule has 3 rings (SSSR count). The molecule has 0 radical (unpaired) electrons. The van der Waals surface area contributed by atoms with Crippen molar-refractivity contribution in [2.75, 3.05) is 6.54 Å². The molecule has 0 atom stereocenters. The van der Waals surface area contributed by atoms with Gasteiger partial charge in [-0.1, -0.05) is 5.16 Å². The van der Waals surface area contributed by atoms with Gasteiger partial charge in [0.15, 0.2) is 0 Å². The van der Waals surface area contributed by atoms with E-state index in [9.17, 15) is 18.0 Å². The minimum atomic E-state index is -4.66. The summed E-state index contributed by atoms with van der Waals surface area (Å²) in [6.45, 7) is 6.65. The monoisotopic (exact) mass is 374 g/mol. The topological polar surface area (TPSA) is 71.3 Å². The zero-order valence-corrected chi connectivity index (χ0v) is 14.7. The van der Waals surface area contributed by atoms with Crippen LogP contribution in [0.5, 0.6) is 0 Å². The van der Waals surface area contributed by atoms with E-state index in [-0.39, 0.29) is 17.4 Å². The maximum absolute atomic E-state index is 12.6. The first kappa shape index (κ1) is 17.7. The Morgan fingerprint density at radius 1 is 1.36 bits per heavy atom. The molecule has 2 amide bonds. The summed E-state index contributed by atoms with van der Waals surface area (Å²) in [4.78, 5) is 18.9. The summed E-state index contributed by atoms with van der Waals surface area (Å²) in [6.07, 6.45) is -4.02. The molecule has 0 saturated heterocycles. The van der Waals surface area contributed by atoms with Gasteiger partial charge in [0.1, 0.15) is 0 Å². The van der Waals surface area contributed by atoms with Crippen molar-refractivity contribution in [1.82, 2.24) is 20.4 Å². The van der Waals surface area contributed by atoms with E-state index in [1.54, 1.807) is 11.0 Å². The van der Waals surface area contributed by atoms with Crippen molar-refractivity contribution in [1.29, 1.82) is 0 Å². The summed E-state index contributed by atoms with van der Waals surface area (Å²) in [6, 6.07) is 1.56. The highest BCUT2D eigenvalue weighted by Gasteiger charge is 2.39. The third kappa shape index (κ3) is 3.94. The molecular formula is C15H17F3N4O2S. The molecule has 10 heteroatoms. The maximum Gasteiger partial charge on any atom is 0.471 e. The van der Waals surface area contributed by atoms with Gasteiger partial charge in [-0.3, -0.25) is 0 Å². The van der Waals surface area contributed by atoms with Crippen LogP contribution in [0.4, 0.5) is 18.0 Å². The van der Waals surface area contributed by atoms with Crippen molar-refractivity contribution in [3.63, 3.8) is 0 Å². The first-order valence-electron chi connectivity index (χ1n) is 7.63. The Morgan fingerprint density at radius 2 is 2.08 bits per heavy atom. The summed E-state index contributed by atoms with van der Waals surface area (Å²) < 4.78 is 42.0. The Morgan fingerprint density at radius 3 is 2.68 bits per heavy atom. The second-order valence-electron chi connectivity index (χ2n) is 6.83. The van der Waals surface area contributed by atoms with Gasteiger partial charge in [0.25, 0.3) is 0 Å². The Balaban J connectivity index is 1.77. The number of rotatable bonds is 1. The lowest BCUT2D eigenvalue weighted by atomic mass is 10.1. The molecule has 0 bridgehead atoms. The predicted octanol–water partition coefficient (Wildman–Crippen LogP) is 3.68. The molecule has 0 spiro atoms. The normalized spacial score (nSPS) is 15.2. The highest BCUT2D eigenvalue weighted by atomic mass is 32.1. The van der Waals surface area contributed by atoms with Crippen LogP contribution in [0.3, 0.4) is 0 Å². The first-order chi connectivity index (χ1) is 11.5. The van der Waals surface area contributed by atoms with Crippen LogP contribution in [0.25, 0.3) is 10.7 Å². The van der Waals surface area contributed by atoms with Crippen LogP contribution >= 0.6 is 11.3 Å². The van der Waals surface area contributed by atoms with Crippen molar-refractivity contribution >= 4 is 17.4 Å². The van der Waals surface area contributed by atoms with Crippen LogP contribution in [0.15, 0.2) is 10.6 Å².